The van der Waals surface area contributed by atoms with Crippen molar-refractivity contribution in [2.24, 2.45) is 0 Å². The SMILES string of the molecule is COc1ccccc1CCNC(=O)C(C)Sc1ccccc1. The Labute approximate surface area is 136 Å². The van der Waals surface area contributed by atoms with Gasteiger partial charge in [0.1, 0.15) is 5.75 Å². The summed E-state index contributed by atoms with van der Waals surface area (Å²) in [6.45, 7) is 2.54. The Hall–Kier alpha value is -1.94. The largest absolute Gasteiger partial charge is 0.496 e. The molecule has 0 aliphatic carbocycles. The first-order valence-corrected chi connectivity index (χ1v) is 8.20. The number of carbonyl (C=O) groups excluding carboxylic acids is 1. The first-order chi connectivity index (χ1) is 10.7. The average molecular weight is 315 g/mol. The lowest BCUT2D eigenvalue weighted by atomic mass is 10.1. The van der Waals surface area contributed by atoms with Crippen molar-refractivity contribution in [1.29, 1.82) is 0 Å². The maximum Gasteiger partial charge on any atom is 0.233 e. The minimum Gasteiger partial charge on any atom is -0.496 e. The summed E-state index contributed by atoms with van der Waals surface area (Å²) in [5.41, 5.74) is 1.11. The lowest BCUT2D eigenvalue weighted by Crippen LogP contribution is -2.32. The highest BCUT2D eigenvalue weighted by atomic mass is 32.2. The summed E-state index contributed by atoms with van der Waals surface area (Å²) in [5.74, 6) is 0.923. The molecule has 3 nitrogen and oxygen atoms in total. The second-order valence-electron chi connectivity index (χ2n) is 4.93. The number of hydrogen-bond donors (Lipinski definition) is 1. The van der Waals surface area contributed by atoms with Crippen LogP contribution in [0.1, 0.15) is 12.5 Å². The molecule has 0 saturated carbocycles. The molecule has 0 bridgehead atoms. The highest BCUT2D eigenvalue weighted by molar-refractivity contribution is 8.00. The number of para-hydroxylation sites is 1. The fourth-order valence-corrected chi connectivity index (χ4v) is 3.04. The molecule has 22 heavy (non-hydrogen) atoms. The van der Waals surface area contributed by atoms with Gasteiger partial charge in [0.25, 0.3) is 0 Å². The van der Waals surface area contributed by atoms with Crippen molar-refractivity contribution >= 4 is 17.7 Å². The Kier molecular flexibility index (Phi) is 6.34. The predicted octanol–water partition coefficient (Wildman–Crippen LogP) is 3.53. The summed E-state index contributed by atoms with van der Waals surface area (Å²) in [7, 11) is 1.66. The average Bonchev–Trinajstić information content (AvgIpc) is 2.56. The third-order valence-corrected chi connectivity index (χ3v) is 4.42. The molecule has 0 saturated heterocycles. The van der Waals surface area contributed by atoms with Crippen molar-refractivity contribution in [2.75, 3.05) is 13.7 Å². The summed E-state index contributed by atoms with van der Waals surface area (Å²) in [6, 6.07) is 17.9. The van der Waals surface area contributed by atoms with Gasteiger partial charge < -0.3 is 10.1 Å². The molecular formula is C18H21NO2S. The van der Waals surface area contributed by atoms with Gasteiger partial charge in [-0.2, -0.15) is 0 Å². The molecule has 0 aromatic heterocycles. The van der Waals surface area contributed by atoms with Gasteiger partial charge in [0.15, 0.2) is 0 Å². The molecule has 2 aromatic rings. The monoisotopic (exact) mass is 315 g/mol. The fourth-order valence-electron chi connectivity index (χ4n) is 2.13. The van der Waals surface area contributed by atoms with E-state index in [1.54, 1.807) is 18.9 Å². The zero-order chi connectivity index (χ0) is 15.8. The highest BCUT2D eigenvalue weighted by Gasteiger charge is 2.13. The molecule has 1 N–H and O–H groups in total. The van der Waals surface area contributed by atoms with E-state index in [2.05, 4.69) is 5.32 Å². The molecule has 0 radical (unpaired) electrons. The maximum atomic E-state index is 12.1. The third kappa shape index (κ3) is 4.81. The van der Waals surface area contributed by atoms with Crippen LogP contribution in [-0.4, -0.2) is 24.8 Å². The summed E-state index contributed by atoms with van der Waals surface area (Å²) in [5, 5.41) is 2.88. The van der Waals surface area contributed by atoms with Crippen LogP contribution in [0.2, 0.25) is 0 Å². The van der Waals surface area contributed by atoms with E-state index in [-0.39, 0.29) is 11.2 Å². The predicted molar refractivity (Wildman–Crippen MR) is 91.5 cm³/mol. The molecule has 4 heteroatoms. The molecule has 2 rings (SSSR count). The van der Waals surface area contributed by atoms with E-state index in [1.165, 1.54) is 0 Å². The number of amides is 1. The molecule has 116 valence electrons. The molecule has 0 aliphatic heterocycles. The lowest BCUT2D eigenvalue weighted by Gasteiger charge is -2.13. The summed E-state index contributed by atoms with van der Waals surface area (Å²) < 4.78 is 5.31. The topological polar surface area (TPSA) is 38.3 Å². The quantitative estimate of drug-likeness (QED) is 0.794. The first kappa shape index (κ1) is 16.4. The van der Waals surface area contributed by atoms with Gasteiger partial charge in [-0.05, 0) is 37.1 Å². The summed E-state index contributed by atoms with van der Waals surface area (Å²) >= 11 is 1.57. The van der Waals surface area contributed by atoms with Gasteiger partial charge in [-0.3, -0.25) is 4.79 Å². The Morgan fingerprint density at radius 1 is 1.14 bits per heavy atom. The maximum absolute atomic E-state index is 12.1. The van der Waals surface area contributed by atoms with E-state index < -0.39 is 0 Å². The number of carbonyl (C=O) groups is 1. The van der Waals surface area contributed by atoms with Crippen molar-refractivity contribution in [1.82, 2.24) is 5.32 Å². The van der Waals surface area contributed by atoms with E-state index in [9.17, 15) is 4.79 Å². The smallest absolute Gasteiger partial charge is 0.233 e. The van der Waals surface area contributed by atoms with E-state index in [0.717, 1.165) is 22.6 Å². The number of ether oxygens (including phenoxy) is 1. The van der Waals surface area contributed by atoms with Gasteiger partial charge in [0, 0.05) is 11.4 Å². The second kappa shape index (κ2) is 8.49. The molecule has 0 fully saturated rings. The number of rotatable bonds is 7. The molecular weight excluding hydrogens is 294 g/mol. The van der Waals surface area contributed by atoms with E-state index >= 15 is 0 Å². The molecule has 1 unspecified atom stereocenters. The lowest BCUT2D eigenvalue weighted by molar-refractivity contribution is -0.120. The van der Waals surface area contributed by atoms with Crippen LogP contribution in [0.15, 0.2) is 59.5 Å². The van der Waals surface area contributed by atoms with E-state index in [1.807, 2.05) is 61.5 Å². The van der Waals surface area contributed by atoms with Crippen LogP contribution >= 0.6 is 11.8 Å². The van der Waals surface area contributed by atoms with E-state index in [4.69, 9.17) is 4.74 Å². The van der Waals surface area contributed by atoms with Crippen molar-refractivity contribution in [2.45, 2.75) is 23.5 Å². The van der Waals surface area contributed by atoms with Crippen LogP contribution in [-0.2, 0) is 11.2 Å². The van der Waals surface area contributed by atoms with Crippen LogP contribution in [0, 0.1) is 0 Å². The van der Waals surface area contributed by atoms with Gasteiger partial charge in [-0.25, -0.2) is 0 Å². The minimum absolute atomic E-state index is 0.0590. The molecule has 1 atom stereocenters. The van der Waals surface area contributed by atoms with Crippen LogP contribution in [0.3, 0.4) is 0 Å². The Bertz CT molecular complexity index is 601. The first-order valence-electron chi connectivity index (χ1n) is 7.32. The molecule has 0 aliphatic rings. The summed E-state index contributed by atoms with van der Waals surface area (Å²) in [6.07, 6.45) is 0.762. The van der Waals surface area contributed by atoms with Gasteiger partial charge in [-0.1, -0.05) is 36.4 Å². The van der Waals surface area contributed by atoms with Gasteiger partial charge in [-0.15, -0.1) is 11.8 Å². The molecule has 0 heterocycles. The number of hydrogen-bond acceptors (Lipinski definition) is 3. The normalized spacial score (nSPS) is 11.7. The molecule has 0 spiro atoms. The van der Waals surface area contributed by atoms with Gasteiger partial charge >= 0.3 is 0 Å². The zero-order valence-corrected chi connectivity index (χ0v) is 13.7. The third-order valence-electron chi connectivity index (χ3n) is 3.31. The Balaban J connectivity index is 1.80. The van der Waals surface area contributed by atoms with Crippen LogP contribution < -0.4 is 10.1 Å². The zero-order valence-electron chi connectivity index (χ0n) is 12.9. The van der Waals surface area contributed by atoms with Crippen LogP contribution in [0.4, 0.5) is 0 Å². The van der Waals surface area contributed by atoms with Crippen molar-refractivity contribution < 1.29 is 9.53 Å². The van der Waals surface area contributed by atoms with Gasteiger partial charge in [0.2, 0.25) is 5.91 Å². The minimum atomic E-state index is -0.111. The molecule has 1 amide bonds. The summed E-state index contributed by atoms with van der Waals surface area (Å²) in [4.78, 5) is 13.2. The number of benzene rings is 2. The van der Waals surface area contributed by atoms with Crippen molar-refractivity contribution in [3.63, 3.8) is 0 Å². The van der Waals surface area contributed by atoms with Gasteiger partial charge in [0.05, 0.1) is 12.4 Å². The van der Waals surface area contributed by atoms with Crippen LogP contribution in [0.25, 0.3) is 0 Å². The van der Waals surface area contributed by atoms with E-state index in [0.29, 0.717) is 6.54 Å². The Morgan fingerprint density at radius 2 is 1.82 bits per heavy atom. The Morgan fingerprint density at radius 3 is 2.55 bits per heavy atom. The fraction of sp³-hybridized carbons (Fsp3) is 0.278. The van der Waals surface area contributed by atoms with Crippen molar-refractivity contribution in [3.05, 3.63) is 60.2 Å². The number of nitrogens with one attached hydrogen (secondary N) is 1. The standard InChI is InChI=1S/C18H21NO2S/c1-14(22-16-9-4-3-5-10-16)18(20)19-13-12-15-8-6-7-11-17(15)21-2/h3-11,14H,12-13H2,1-2H3,(H,19,20). The highest BCUT2D eigenvalue weighted by Crippen LogP contribution is 2.22. The van der Waals surface area contributed by atoms with Crippen LogP contribution in [0.5, 0.6) is 5.75 Å². The molecule has 2 aromatic carbocycles. The van der Waals surface area contributed by atoms with Crippen molar-refractivity contribution in [3.8, 4) is 5.75 Å². The second-order valence-corrected chi connectivity index (χ2v) is 6.34. The number of methoxy groups -OCH3 is 1. The number of thioether (sulfide) groups is 1.